The Bertz CT molecular complexity index is 548. The molecule has 3 nitrogen and oxygen atoms in total. The zero-order valence-electron chi connectivity index (χ0n) is 11.3. The molecule has 19 heavy (non-hydrogen) atoms. The van der Waals surface area contributed by atoms with Crippen molar-refractivity contribution in [2.45, 2.75) is 32.2 Å². The lowest BCUT2D eigenvalue weighted by atomic mass is 10.0. The molecule has 0 saturated heterocycles. The molecule has 0 spiro atoms. The first-order chi connectivity index (χ1) is 9.38. The molecule has 1 atom stereocenters. The molecule has 1 aromatic carbocycles. The summed E-state index contributed by atoms with van der Waals surface area (Å²) in [6, 6.07) is 8.65. The van der Waals surface area contributed by atoms with Gasteiger partial charge < -0.3 is 5.32 Å². The van der Waals surface area contributed by atoms with Crippen LogP contribution in [0.5, 0.6) is 0 Å². The third kappa shape index (κ3) is 2.51. The van der Waals surface area contributed by atoms with E-state index in [-0.39, 0.29) is 0 Å². The molecule has 0 bridgehead atoms. The lowest BCUT2D eigenvalue weighted by Crippen LogP contribution is -2.13. The van der Waals surface area contributed by atoms with Gasteiger partial charge in [-0.15, -0.1) is 0 Å². The van der Waals surface area contributed by atoms with Crippen molar-refractivity contribution in [2.75, 3.05) is 6.54 Å². The van der Waals surface area contributed by atoms with Crippen LogP contribution in [0.2, 0.25) is 0 Å². The van der Waals surface area contributed by atoms with E-state index in [9.17, 15) is 0 Å². The quantitative estimate of drug-likeness (QED) is 0.910. The number of hydrogen-bond acceptors (Lipinski definition) is 3. The average molecular weight is 253 g/mol. The van der Waals surface area contributed by atoms with E-state index in [2.05, 4.69) is 46.5 Å². The van der Waals surface area contributed by atoms with E-state index in [1.54, 1.807) is 0 Å². The molecule has 1 N–H and O–H groups in total. The summed E-state index contributed by atoms with van der Waals surface area (Å²) in [5.74, 6) is 1.34. The van der Waals surface area contributed by atoms with Crippen LogP contribution in [0.1, 0.15) is 41.8 Å². The summed E-state index contributed by atoms with van der Waals surface area (Å²) in [4.78, 5) is 9.12. The fourth-order valence-corrected chi connectivity index (χ4v) is 2.73. The van der Waals surface area contributed by atoms with Gasteiger partial charge in [0.1, 0.15) is 5.82 Å². The first-order valence-electron chi connectivity index (χ1n) is 6.98. The zero-order valence-corrected chi connectivity index (χ0v) is 11.3. The molecule has 1 aliphatic rings. The standard InChI is InChI=1S/C16H19N3/c1-2-17-9-12-10-18-16(19-11-12)15-8-7-13-5-3-4-6-14(13)15/h3-6,10-11,15,17H,2,7-9H2,1H3. The van der Waals surface area contributed by atoms with Gasteiger partial charge in [0.25, 0.3) is 0 Å². The van der Waals surface area contributed by atoms with Gasteiger partial charge in [0, 0.05) is 30.4 Å². The minimum absolute atomic E-state index is 0.379. The second-order valence-corrected chi connectivity index (χ2v) is 5.02. The van der Waals surface area contributed by atoms with E-state index < -0.39 is 0 Å². The number of aromatic nitrogens is 2. The molecule has 1 aliphatic carbocycles. The third-order valence-electron chi connectivity index (χ3n) is 3.75. The van der Waals surface area contributed by atoms with Crippen LogP contribution in [0.3, 0.4) is 0 Å². The number of benzene rings is 1. The van der Waals surface area contributed by atoms with E-state index in [0.29, 0.717) is 5.92 Å². The Balaban J connectivity index is 1.80. The van der Waals surface area contributed by atoms with Crippen molar-refractivity contribution in [3.8, 4) is 0 Å². The maximum absolute atomic E-state index is 4.56. The summed E-state index contributed by atoms with van der Waals surface area (Å²) < 4.78 is 0. The predicted octanol–water partition coefficient (Wildman–Crippen LogP) is 2.66. The van der Waals surface area contributed by atoms with Crippen LogP contribution in [0.15, 0.2) is 36.7 Å². The molecule has 0 amide bonds. The van der Waals surface area contributed by atoms with Crippen LogP contribution in [-0.2, 0) is 13.0 Å². The van der Waals surface area contributed by atoms with Crippen molar-refractivity contribution >= 4 is 0 Å². The maximum atomic E-state index is 4.56. The van der Waals surface area contributed by atoms with Crippen LogP contribution in [0.4, 0.5) is 0 Å². The highest BCUT2D eigenvalue weighted by Gasteiger charge is 2.25. The summed E-state index contributed by atoms with van der Waals surface area (Å²) in [6.45, 7) is 3.92. The number of hydrogen-bond donors (Lipinski definition) is 1. The van der Waals surface area contributed by atoms with Crippen LogP contribution >= 0.6 is 0 Å². The molecule has 3 rings (SSSR count). The van der Waals surface area contributed by atoms with Crippen molar-refractivity contribution in [2.24, 2.45) is 0 Å². The van der Waals surface area contributed by atoms with Crippen LogP contribution in [-0.4, -0.2) is 16.5 Å². The highest BCUT2D eigenvalue weighted by molar-refractivity contribution is 5.38. The number of nitrogens with zero attached hydrogens (tertiary/aromatic N) is 2. The van der Waals surface area contributed by atoms with Gasteiger partial charge in [-0.3, -0.25) is 0 Å². The molecule has 0 fully saturated rings. The smallest absolute Gasteiger partial charge is 0.135 e. The summed E-state index contributed by atoms with van der Waals surface area (Å²) in [7, 11) is 0. The molecule has 3 heteroatoms. The molecule has 0 aliphatic heterocycles. The fourth-order valence-electron chi connectivity index (χ4n) is 2.73. The third-order valence-corrected chi connectivity index (χ3v) is 3.75. The molecule has 0 saturated carbocycles. The van der Waals surface area contributed by atoms with Gasteiger partial charge in [-0.2, -0.15) is 0 Å². The molecular weight excluding hydrogens is 234 g/mol. The largest absolute Gasteiger partial charge is 0.313 e. The van der Waals surface area contributed by atoms with Crippen LogP contribution in [0.25, 0.3) is 0 Å². The number of nitrogens with one attached hydrogen (secondary N) is 1. The van der Waals surface area contributed by atoms with Gasteiger partial charge >= 0.3 is 0 Å². The lowest BCUT2D eigenvalue weighted by Gasteiger charge is -2.10. The first kappa shape index (κ1) is 12.3. The van der Waals surface area contributed by atoms with E-state index >= 15 is 0 Å². The zero-order chi connectivity index (χ0) is 13.1. The maximum Gasteiger partial charge on any atom is 0.135 e. The Labute approximate surface area is 114 Å². The predicted molar refractivity (Wildman–Crippen MR) is 76.0 cm³/mol. The van der Waals surface area contributed by atoms with Crippen molar-refractivity contribution in [3.63, 3.8) is 0 Å². The molecule has 2 aromatic rings. The van der Waals surface area contributed by atoms with Crippen molar-refractivity contribution in [1.29, 1.82) is 0 Å². The topological polar surface area (TPSA) is 37.8 Å². The number of aryl methyl sites for hydroxylation is 1. The summed E-state index contributed by atoms with van der Waals surface area (Å²) >= 11 is 0. The van der Waals surface area contributed by atoms with Crippen molar-refractivity contribution in [3.05, 3.63) is 59.2 Å². The highest BCUT2D eigenvalue weighted by atomic mass is 14.9. The summed E-state index contributed by atoms with van der Waals surface area (Å²) in [5.41, 5.74) is 4.01. The van der Waals surface area contributed by atoms with Gasteiger partial charge in [0.2, 0.25) is 0 Å². The van der Waals surface area contributed by atoms with E-state index in [1.807, 2.05) is 12.4 Å². The van der Waals surface area contributed by atoms with Gasteiger partial charge in [0.05, 0.1) is 0 Å². The highest BCUT2D eigenvalue weighted by Crippen LogP contribution is 2.35. The van der Waals surface area contributed by atoms with Gasteiger partial charge in [-0.05, 0) is 30.5 Å². The van der Waals surface area contributed by atoms with Gasteiger partial charge in [-0.1, -0.05) is 31.2 Å². The molecular formula is C16H19N3. The fraction of sp³-hybridized carbons (Fsp3) is 0.375. The van der Waals surface area contributed by atoms with Crippen molar-refractivity contribution < 1.29 is 0 Å². The molecule has 1 aromatic heterocycles. The molecule has 1 heterocycles. The van der Waals surface area contributed by atoms with Gasteiger partial charge in [0.15, 0.2) is 0 Å². The molecule has 0 radical (unpaired) electrons. The van der Waals surface area contributed by atoms with Crippen molar-refractivity contribution in [1.82, 2.24) is 15.3 Å². The molecule has 1 unspecified atom stereocenters. The van der Waals surface area contributed by atoms with E-state index in [1.165, 1.54) is 11.1 Å². The SMILES string of the molecule is CCNCc1cnc(C2CCc3ccccc32)nc1. The Morgan fingerprint density at radius 1 is 1.21 bits per heavy atom. The van der Waals surface area contributed by atoms with Gasteiger partial charge in [-0.25, -0.2) is 9.97 Å². The summed E-state index contributed by atoms with van der Waals surface area (Å²) in [6.07, 6.45) is 6.17. The Morgan fingerprint density at radius 2 is 2.00 bits per heavy atom. The van der Waals surface area contributed by atoms with E-state index in [0.717, 1.165) is 37.3 Å². The Kier molecular flexibility index (Phi) is 3.56. The Morgan fingerprint density at radius 3 is 2.79 bits per heavy atom. The Hall–Kier alpha value is -1.74. The minimum atomic E-state index is 0.379. The second kappa shape index (κ2) is 5.49. The summed E-state index contributed by atoms with van der Waals surface area (Å²) in [5, 5.41) is 3.29. The second-order valence-electron chi connectivity index (χ2n) is 5.02. The minimum Gasteiger partial charge on any atom is -0.313 e. The number of fused-ring (bicyclic) bond motifs is 1. The van der Waals surface area contributed by atoms with Crippen LogP contribution in [0, 0.1) is 0 Å². The monoisotopic (exact) mass is 253 g/mol. The van der Waals surface area contributed by atoms with E-state index in [4.69, 9.17) is 0 Å². The lowest BCUT2D eigenvalue weighted by molar-refractivity contribution is 0.699. The average Bonchev–Trinajstić information content (AvgIpc) is 2.90. The number of rotatable bonds is 4. The first-order valence-corrected chi connectivity index (χ1v) is 6.98. The molecule has 98 valence electrons. The normalized spacial score (nSPS) is 17.4. The van der Waals surface area contributed by atoms with Crippen LogP contribution < -0.4 is 5.32 Å².